The van der Waals surface area contributed by atoms with Gasteiger partial charge in [0.1, 0.15) is 0 Å². The molecular formula is C11H5Br2ClF2N2O2S. The van der Waals surface area contributed by atoms with Crippen LogP contribution in [0.2, 0.25) is 4.47 Å². The summed E-state index contributed by atoms with van der Waals surface area (Å²) in [7, 11) is 0. The van der Waals surface area contributed by atoms with Crippen LogP contribution in [0.15, 0.2) is 21.2 Å². The summed E-state index contributed by atoms with van der Waals surface area (Å²) in [5.41, 5.74) is 0.569. The van der Waals surface area contributed by atoms with E-state index in [0.29, 0.717) is 25.6 Å². The highest BCUT2D eigenvalue weighted by molar-refractivity contribution is 9.11. The Bertz CT molecular complexity index is 714. The molecule has 0 saturated carbocycles. The van der Waals surface area contributed by atoms with Gasteiger partial charge in [0.05, 0.1) is 16.7 Å². The number of aromatic nitrogens is 1. The van der Waals surface area contributed by atoms with Gasteiger partial charge in [-0.2, -0.15) is 0 Å². The first-order valence-corrected chi connectivity index (χ1v) is 8.26. The maximum Gasteiger partial charge on any atom is 0.586 e. The fourth-order valence-electron chi connectivity index (χ4n) is 1.72. The predicted molar refractivity (Wildman–Crippen MR) is 82.5 cm³/mol. The number of ether oxygens (including phenoxy) is 2. The summed E-state index contributed by atoms with van der Waals surface area (Å²) >= 11 is 13.6. The Balaban J connectivity index is 1.87. The highest BCUT2D eigenvalue weighted by Crippen LogP contribution is 2.51. The molecule has 1 N–H and O–H groups in total. The van der Waals surface area contributed by atoms with Crippen molar-refractivity contribution in [3.63, 3.8) is 0 Å². The summed E-state index contributed by atoms with van der Waals surface area (Å²) in [6, 6.07) is 1.42. The molecule has 0 radical (unpaired) electrons. The van der Waals surface area contributed by atoms with Crippen LogP contribution < -0.4 is 14.8 Å². The van der Waals surface area contributed by atoms with Gasteiger partial charge in [-0.1, -0.05) is 11.6 Å². The van der Waals surface area contributed by atoms with E-state index >= 15 is 0 Å². The van der Waals surface area contributed by atoms with Gasteiger partial charge in [-0.05, 0) is 31.9 Å². The summed E-state index contributed by atoms with van der Waals surface area (Å²) in [5.74, 6) is -0.0850. The SMILES string of the molecule is FC1(F)Oc2cc(Br)c(NCc3cnc(Cl)s3)c(Br)c2O1. The molecule has 0 unspecified atom stereocenters. The van der Waals surface area contributed by atoms with E-state index in [4.69, 9.17) is 11.6 Å². The molecule has 112 valence electrons. The van der Waals surface area contributed by atoms with Gasteiger partial charge in [-0.3, -0.25) is 0 Å². The lowest BCUT2D eigenvalue weighted by molar-refractivity contribution is -0.286. The summed E-state index contributed by atoms with van der Waals surface area (Å²) in [4.78, 5) is 4.83. The van der Waals surface area contributed by atoms with Crippen molar-refractivity contribution in [3.05, 3.63) is 30.6 Å². The first kappa shape index (κ1) is 15.3. The van der Waals surface area contributed by atoms with Crippen molar-refractivity contribution in [1.82, 2.24) is 4.98 Å². The molecule has 0 spiro atoms. The van der Waals surface area contributed by atoms with Gasteiger partial charge in [0, 0.05) is 21.6 Å². The number of thiazole rings is 1. The third-order valence-electron chi connectivity index (χ3n) is 2.55. The van der Waals surface area contributed by atoms with E-state index in [9.17, 15) is 8.78 Å². The maximum atomic E-state index is 13.1. The standard InChI is InChI=1S/C11H5Br2ClF2N2O2S/c12-5-1-6-9(20-11(15,16)19-6)7(13)8(5)17-2-4-3-18-10(14)21-4/h1,3,17H,2H2. The molecule has 0 saturated heterocycles. The monoisotopic (exact) mass is 460 g/mol. The second-order valence-corrected chi connectivity index (χ2v) is 7.32. The van der Waals surface area contributed by atoms with E-state index in [1.807, 2.05) is 0 Å². The molecule has 0 fully saturated rings. The van der Waals surface area contributed by atoms with Crippen LogP contribution in [0.4, 0.5) is 14.5 Å². The van der Waals surface area contributed by atoms with Crippen LogP contribution in [-0.2, 0) is 6.54 Å². The number of rotatable bonds is 3. The van der Waals surface area contributed by atoms with Crippen LogP contribution in [0.5, 0.6) is 11.5 Å². The van der Waals surface area contributed by atoms with Crippen LogP contribution in [0.1, 0.15) is 4.88 Å². The van der Waals surface area contributed by atoms with Gasteiger partial charge in [0.2, 0.25) is 0 Å². The van der Waals surface area contributed by atoms with Crippen LogP contribution >= 0.6 is 54.8 Å². The second-order valence-electron chi connectivity index (χ2n) is 3.98. The molecule has 1 aliphatic heterocycles. The van der Waals surface area contributed by atoms with E-state index < -0.39 is 6.29 Å². The minimum absolute atomic E-state index is 0.0369. The number of anilines is 1. The van der Waals surface area contributed by atoms with Crippen molar-refractivity contribution in [2.75, 3.05) is 5.32 Å². The molecule has 0 atom stereocenters. The lowest BCUT2D eigenvalue weighted by Gasteiger charge is -2.11. The Morgan fingerprint density at radius 1 is 1.38 bits per heavy atom. The molecular weight excluding hydrogens is 457 g/mol. The molecule has 10 heteroatoms. The predicted octanol–water partition coefficient (Wildman–Crippen LogP) is 5.26. The summed E-state index contributed by atoms with van der Waals surface area (Å²) in [6.45, 7) is 0.442. The van der Waals surface area contributed by atoms with Crippen molar-refractivity contribution >= 4 is 60.5 Å². The highest BCUT2D eigenvalue weighted by Gasteiger charge is 2.45. The third kappa shape index (κ3) is 3.10. The summed E-state index contributed by atoms with van der Waals surface area (Å²) < 4.78 is 36.5. The highest BCUT2D eigenvalue weighted by atomic mass is 79.9. The van der Waals surface area contributed by atoms with Gasteiger partial charge in [-0.15, -0.1) is 20.1 Å². The van der Waals surface area contributed by atoms with E-state index in [0.717, 1.165) is 4.88 Å². The molecule has 0 amide bonds. The molecule has 0 bridgehead atoms. The van der Waals surface area contributed by atoms with Gasteiger partial charge in [0.15, 0.2) is 16.0 Å². The van der Waals surface area contributed by atoms with E-state index in [2.05, 4.69) is 51.6 Å². The zero-order chi connectivity index (χ0) is 15.2. The smallest absolute Gasteiger partial charge is 0.395 e. The van der Waals surface area contributed by atoms with Crippen molar-refractivity contribution in [2.45, 2.75) is 12.8 Å². The first-order chi connectivity index (χ1) is 9.85. The fraction of sp³-hybridized carbons (Fsp3) is 0.182. The van der Waals surface area contributed by atoms with Crippen molar-refractivity contribution in [3.8, 4) is 11.5 Å². The summed E-state index contributed by atoms with van der Waals surface area (Å²) in [5, 5.41) is 3.11. The first-order valence-electron chi connectivity index (χ1n) is 5.47. The largest absolute Gasteiger partial charge is 0.586 e. The van der Waals surface area contributed by atoms with Crippen molar-refractivity contribution < 1.29 is 18.3 Å². The zero-order valence-corrected chi connectivity index (χ0v) is 14.7. The number of hydrogen-bond donors (Lipinski definition) is 1. The fourth-order valence-corrected chi connectivity index (χ4v) is 4.08. The number of hydrogen-bond acceptors (Lipinski definition) is 5. The topological polar surface area (TPSA) is 43.4 Å². The van der Waals surface area contributed by atoms with E-state index in [1.165, 1.54) is 17.4 Å². The molecule has 2 aromatic rings. The minimum Gasteiger partial charge on any atom is -0.395 e. The molecule has 4 nitrogen and oxygen atoms in total. The molecule has 3 rings (SSSR count). The molecule has 0 aliphatic carbocycles. The Morgan fingerprint density at radius 2 is 2.14 bits per heavy atom. The van der Waals surface area contributed by atoms with Crippen LogP contribution in [0, 0.1) is 0 Å². The van der Waals surface area contributed by atoms with Gasteiger partial charge in [-0.25, -0.2) is 4.98 Å². The van der Waals surface area contributed by atoms with Crippen molar-refractivity contribution in [2.24, 2.45) is 0 Å². The zero-order valence-electron chi connectivity index (χ0n) is 9.92. The third-order valence-corrected chi connectivity index (χ3v) is 5.05. The Kier molecular flexibility index (Phi) is 4.02. The Labute approximate surface area is 143 Å². The number of halogens is 5. The molecule has 2 heterocycles. The van der Waals surface area contributed by atoms with Crippen LogP contribution in [0.3, 0.4) is 0 Å². The molecule has 1 aliphatic rings. The average Bonchev–Trinajstić information content (AvgIpc) is 2.92. The van der Waals surface area contributed by atoms with Gasteiger partial charge < -0.3 is 14.8 Å². The quantitative estimate of drug-likeness (QED) is 0.676. The van der Waals surface area contributed by atoms with Gasteiger partial charge in [0.25, 0.3) is 0 Å². The lowest BCUT2D eigenvalue weighted by atomic mass is 10.2. The number of nitrogens with zero attached hydrogens (tertiary/aromatic N) is 1. The Hall–Kier alpha value is -0.640. The molecule has 1 aromatic carbocycles. The van der Waals surface area contributed by atoms with Crippen LogP contribution in [-0.4, -0.2) is 11.3 Å². The maximum absolute atomic E-state index is 13.1. The van der Waals surface area contributed by atoms with Gasteiger partial charge >= 0.3 is 6.29 Å². The lowest BCUT2D eigenvalue weighted by Crippen LogP contribution is -2.26. The van der Waals surface area contributed by atoms with Crippen LogP contribution in [0.25, 0.3) is 0 Å². The number of fused-ring (bicyclic) bond motifs is 1. The number of nitrogens with one attached hydrogen (secondary N) is 1. The van der Waals surface area contributed by atoms with E-state index in [1.54, 1.807) is 6.20 Å². The number of alkyl halides is 2. The van der Waals surface area contributed by atoms with E-state index in [-0.39, 0.29) is 11.5 Å². The second kappa shape index (κ2) is 5.53. The normalized spacial score (nSPS) is 15.3. The number of benzene rings is 1. The minimum atomic E-state index is -3.66. The van der Waals surface area contributed by atoms with Crippen molar-refractivity contribution in [1.29, 1.82) is 0 Å². The Morgan fingerprint density at radius 3 is 2.81 bits per heavy atom. The molecule has 21 heavy (non-hydrogen) atoms. The molecule has 1 aromatic heterocycles. The average molecular weight is 462 g/mol. The summed E-state index contributed by atoms with van der Waals surface area (Å²) in [6.07, 6.45) is -2.02.